The van der Waals surface area contributed by atoms with Gasteiger partial charge in [0, 0.05) is 107 Å². The Morgan fingerprint density at radius 1 is 0.854 bits per heavy atom. The number of fused-ring (bicyclic) bond motifs is 10. The molecule has 7 N–H and O–H groups in total. The molecule has 8 aliphatic heterocycles. The maximum Gasteiger partial charge on any atom is 0.308 e. The van der Waals surface area contributed by atoms with Crippen LogP contribution in [0.1, 0.15) is 144 Å². The Morgan fingerprint density at radius 3 is 2.27 bits per heavy atom. The van der Waals surface area contributed by atoms with Gasteiger partial charge in [0.2, 0.25) is 0 Å². The summed E-state index contributed by atoms with van der Waals surface area (Å²) in [5.74, 6) is -8.93. The zero-order valence-corrected chi connectivity index (χ0v) is 49.4. The Hall–Kier alpha value is -3.00. The van der Waals surface area contributed by atoms with Crippen molar-refractivity contribution in [3.8, 4) is 0 Å². The third kappa shape index (κ3) is 15.9. The molecule has 0 aromatic carbocycles. The fourth-order valence-corrected chi connectivity index (χ4v) is 14.3. The molecule has 21 heteroatoms. The first-order valence-corrected chi connectivity index (χ1v) is 29.9. The monoisotopic (exact) mass is 1180 g/mol. The minimum absolute atomic E-state index is 0.0131. The van der Waals surface area contributed by atoms with Crippen LogP contribution < -0.4 is 0 Å². The number of rotatable bonds is 8. The van der Waals surface area contributed by atoms with Crippen molar-refractivity contribution in [1.29, 1.82) is 0 Å². The van der Waals surface area contributed by atoms with Gasteiger partial charge in [0.25, 0.3) is 0 Å². The number of esters is 2. The molecule has 0 radical (unpaired) electrons. The molecule has 0 aromatic rings. The second-order valence-electron chi connectivity index (χ2n) is 25.4. The van der Waals surface area contributed by atoms with Crippen LogP contribution in [0.3, 0.4) is 0 Å². The van der Waals surface area contributed by atoms with Gasteiger partial charge < -0.3 is 83.1 Å². The first-order chi connectivity index (χ1) is 38.6. The molecule has 462 valence electrons. The second-order valence-corrected chi connectivity index (χ2v) is 25.9. The molecular formula is C61H91ClO20. The van der Waals surface area contributed by atoms with Gasteiger partial charge in [-0.3, -0.25) is 14.4 Å². The Balaban J connectivity index is 1.10. The average molecular weight is 1180 g/mol. The number of aliphatic hydroxyl groups excluding tert-OH is 5. The van der Waals surface area contributed by atoms with Gasteiger partial charge >= 0.3 is 11.9 Å². The molecule has 7 saturated heterocycles. The third-order valence-electron chi connectivity index (χ3n) is 18.3. The number of aliphatic hydroxyl groups is 7. The van der Waals surface area contributed by atoms with Gasteiger partial charge in [-0.1, -0.05) is 82.3 Å². The predicted molar refractivity (Wildman–Crippen MR) is 296 cm³/mol. The van der Waals surface area contributed by atoms with Crippen LogP contribution in [0.25, 0.3) is 0 Å². The summed E-state index contributed by atoms with van der Waals surface area (Å²) in [5.41, 5.74) is -0.103. The fraction of sp³-hybridized carbons (Fsp3) is 0.787. The van der Waals surface area contributed by atoms with Gasteiger partial charge in [-0.15, -0.1) is 0 Å². The molecule has 82 heavy (non-hydrogen) atoms. The van der Waals surface area contributed by atoms with Gasteiger partial charge in [-0.05, 0) is 50.7 Å². The van der Waals surface area contributed by atoms with Gasteiger partial charge in [0.15, 0.2) is 17.4 Å². The van der Waals surface area contributed by atoms with Crippen LogP contribution in [0.2, 0.25) is 0 Å². The smallest absolute Gasteiger partial charge is 0.308 e. The van der Waals surface area contributed by atoms with Crippen LogP contribution in [-0.4, -0.2) is 188 Å². The van der Waals surface area contributed by atoms with E-state index in [4.69, 9.17) is 59.0 Å². The molecule has 0 amide bonds. The van der Waals surface area contributed by atoms with Crippen LogP contribution in [0.4, 0.5) is 0 Å². The number of Topliss-reactive ketones (excluding diaryl/α,β-unsaturated/α-hetero) is 1. The molecule has 0 saturated carbocycles. The minimum atomic E-state index is -2.39. The summed E-state index contributed by atoms with van der Waals surface area (Å²) in [6.07, 6.45) is -4.89. The van der Waals surface area contributed by atoms with Crippen molar-refractivity contribution in [3.63, 3.8) is 0 Å². The van der Waals surface area contributed by atoms with E-state index in [0.29, 0.717) is 44.1 Å². The van der Waals surface area contributed by atoms with Crippen LogP contribution >= 0.6 is 11.6 Å². The van der Waals surface area contributed by atoms with E-state index in [2.05, 4.69) is 13.2 Å². The van der Waals surface area contributed by atoms with Gasteiger partial charge in [0.1, 0.15) is 30.2 Å². The summed E-state index contributed by atoms with van der Waals surface area (Å²) < 4.78 is 63.9. The number of hydrogen-bond acceptors (Lipinski definition) is 20. The summed E-state index contributed by atoms with van der Waals surface area (Å²) in [5, 5.41) is 82.5. The lowest BCUT2D eigenvalue weighted by molar-refractivity contribution is -0.350. The predicted octanol–water partition coefficient (Wildman–Crippen LogP) is 5.36. The summed E-state index contributed by atoms with van der Waals surface area (Å²) in [7, 11) is 1.61. The van der Waals surface area contributed by atoms with E-state index in [1.54, 1.807) is 27.9 Å². The lowest BCUT2D eigenvalue weighted by Crippen LogP contribution is -2.65. The Morgan fingerprint density at radius 2 is 1.55 bits per heavy atom. The van der Waals surface area contributed by atoms with Crippen molar-refractivity contribution in [3.05, 3.63) is 59.7 Å². The fourth-order valence-electron chi connectivity index (χ4n) is 14.2. The third-order valence-corrected chi connectivity index (χ3v) is 18.4. The van der Waals surface area contributed by atoms with Crippen molar-refractivity contribution in [1.82, 2.24) is 0 Å². The molecule has 7 fully saturated rings. The van der Waals surface area contributed by atoms with E-state index in [-0.39, 0.29) is 80.8 Å². The Bertz CT molecular complexity index is 2360. The molecule has 24 atom stereocenters. The number of allylic oxidation sites excluding steroid dienone is 3. The Labute approximate surface area is 487 Å². The lowest BCUT2D eigenvalue weighted by atomic mass is 9.78. The maximum atomic E-state index is 14.4. The number of ether oxygens (including phenoxy) is 10. The number of ketones is 1. The topological polar surface area (TPSA) is 285 Å². The van der Waals surface area contributed by atoms with Crippen molar-refractivity contribution < 1.29 is 97.5 Å². The summed E-state index contributed by atoms with van der Waals surface area (Å²) in [4.78, 5) is 41.2. The van der Waals surface area contributed by atoms with Crippen LogP contribution in [0.15, 0.2) is 59.7 Å². The highest BCUT2D eigenvalue weighted by atomic mass is 35.5. The zero-order chi connectivity index (χ0) is 59.6. The highest BCUT2D eigenvalue weighted by Crippen LogP contribution is 2.48. The molecule has 20 nitrogen and oxygen atoms in total. The number of halogens is 1. The van der Waals surface area contributed by atoms with Crippen LogP contribution in [0, 0.1) is 23.7 Å². The summed E-state index contributed by atoms with van der Waals surface area (Å²) >= 11 is 5.89. The van der Waals surface area contributed by atoms with Crippen molar-refractivity contribution in [2.75, 3.05) is 13.7 Å². The first-order valence-electron chi connectivity index (χ1n) is 29.6. The molecule has 2 spiro atoms. The SMILES string of the molecule is C=C(Cl)/C=C/[C@H](O)CC(=C)C[C@H]1O[C@@H]2[C@H](C)[C@@H](OC(=O)C[C@@H]3C[C@@H](OC(C)=O)C[C@]4(C[C@](C)(O)C[C@@H](/C=C5\CO[C@@H]([C@H](C)C(=O)C[C@H]6C[C@@H](OC)C[C@]7(C[C@H](O)C[C@@H](/C=C\CCC[C@@H]8O[C@@](O)(C[C@@H](O)[C@@H]8C)[C@H]2O)O7)O6)[C@H]5C)O4)O3)[C@@H]1O. The van der Waals surface area contributed by atoms with Crippen molar-refractivity contribution >= 4 is 29.3 Å². The van der Waals surface area contributed by atoms with Crippen molar-refractivity contribution in [2.45, 2.75) is 265 Å². The summed E-state index contributed by atoms with van der Waals surface area (Å²) in [6, 6.07) is 0. The van der Waals surface area contributed by atoms with Crippen molar-refractivity contribution in [2.24, 2.45) is 23.7 Å². The van der Waals surface area contributed by atoms with Crippen LogP contribution in [0.5, 0.6) is 0 Å². The number of carbonyl (C=O) groups excluding carboxylic acids is 3. The molecule has 12 bridgehead atoms. The standard InChI is InChI=1S/C61H91ClO20/c1-32(17-40(64)16-15-33(2)62)18-51-53(69)55-37(6)56(76-51)57(70)61(72)29-49(67)35(4)50(82-61)14-12-10-11-13-42-20-41(65)25-59(78-42)27-45(73-9)21-43(79-59)23-48(66)36(5)54-34(3)39(30-74-54)19-47-26-58(8,71)31-60(81-47)28-46(75-38(7)63)22-44(80-60)24-52(68)77-55/h11,13,15-16,19,34-37,40-47,49-51,53-57,64-65,67,69-72H,1-2,10,12,14,17-18,20-31H2,3-9H3/b13-11-,16-15+,39-19+/t34-,35-,36+,37+,40-,41+,42+,43+,44-,45+,46+,47+,49+,50-,51+,53+,54+,55+,56+,57-,58+,59-,60-,61-/m0/s1. The Kier molecular flexibility index (Phi) is 21.4. The van der Waals surface area contributed by atoms with Gasteiger partial charge in [-0.25, -0.2) is 0 Å². The highest BCUT2D eigenvalue weighted by molar-refractivity contribution is 6.30. The van der Waals surface area contributed by atoms with E-state index in [0.717, 1.165) is 5.57 Å². The van der Waals surface area contributed by atoms with E-state index < -0.39 is 157 Å². The number of hydrogen-bond donors (Lipinski definition) is 7. The summed E-state index contributed by atoms with van der Waals surface area (Å²) in [6.45, 7) is 18.1. The van der Waals surface area contributed by atoms with E-state index in [1.165, 1.54) is 19.1 Å². The molecule has 8 heterocycles. The van der Waals surface area contributed by atoms with E-state index >= 15 is 0 Å². The number of carbonyl (C=O) groups is 3. The average Bonchev–Trinajstić information content (AvgIpc) is 2.35. The molecule has 0 aromatic heterocycles. The quantitative estimate of drug-likeness (QED) is 0.0915. The second kappa shape index (κ2) is 26.9. The van der Waals surface area contributed by atoms with E-state index in [9.17, 15) is 50.1 Å². The maximum absolute atomic E-state index is 14.4. The lowest BCUT2D eigenvalue weighted by Gasteiger charge is -2.51. The van der Waals surface area contributed by atoms with Gasteiger partial charge in [0.05, 0.1) is 91.9 Å². The minimum Gasteiger partial charge on any atom is -0.462 e. The molecule has 0 unspecified atom stereocenters. The van der Waals surface area contributed by atoms with E-state index in [1.807, 2.05) is 32.1 Å². The molecule has 8 aliphatic rings. The van der Waals surface area contributed by atoms with Gasteiger partial charge in [-0.2, -0.15) is 0 Å². The first kappa shape index (κ1) is 65.0. The highest BCUT2D eigenvalue weighted by Gasteiger charge is 2.58. The van der Waals surface area contributed by atoms with Crippen LogP contribution in [-0.2, 0) is 61.8 Å². The molecular weight excluding hydrogens is 1090 g/mol. The largest absolute Gasteiger partial charge is 0.462 e. The molecule has 8 rings (SSSR count). The zero-order valence-electron chi connectivity index (χ0n) is 48.7. The number of methoxy groups -OCH3 is 1. The molecule has 0 aliphatic carbocycles. The normalized spacial score (nSPS) is 46.9.